The lowest BCUT2D eigenvalue weighted by atomic mass is 10.3. The van der Waals surface area contributed by atoms with Crippen LogP contribution in [0.25, 0.3) is 0 Å². The van der Waals surface area contributed by atoms with Gasteiger partial charge >= 0.3 is 0 Å². The van der Waals surface area contributed by atoms with E-state index in [9.17, 15) is 0 Å². The maximum absolute atomic E-state index is 6.07. The van der Waals surface area contributed by atoms with Crippen molar-refractivity contribution in [3.8, 4) is 0 Å². The van der Waals surface area contributed by atoms with Gasteiger partial charge in [0.2, 0.25) is 0 Å². The lowest BCUT2D eigenvalue weighted by Crippen LogP contribution is -2.27. The molecule has 0 amide bonds. The van der Waals surface area contributed by atoms with Gasteiger partial charge in [0.25, 0.3) is 0 Å². The van der Waals surface area contributed by atoms with Crippen molar-refractivity contribution in [1.82, 2.24) is 10.2 Å². The van der Waals surface area contributed by atoms with Gasteiger partial charge in [0, 0.05) is 18.7 Å². The summed E-state index contributed by atoms with van der Waals surface area (Å²) in [5, 5.41) is 8.45. The van der Waals surface area contributed by atoms with Crippen molar-refractivity contribution in [3.63, 3.8) is 0 Å². The number of anilines is 1. The number of nitrogens with zero attached hydrogens (tertiary/aromatic N) is 3. The number of halogens is 2. The van der Waals surface area contributed by atoms with Gasteiger partial charge in [-0.15, -0.1) is 10.2 Å². The summed E-state index contributed by atoms with van der Waals surface area (Å²) in [5.41, 5.74) is 0.928. The van der Waals surface area contributed by atoms with E-state index in [4.69, 9.17) is 23.2 Å². The molecule has 0 aliphatic heterocycles. The van der Waals surface area contributed by atoms with Gasteiger partial charge in [-0.05, 0) is 19.3 Å². The van der Waals surface area contributed by atoms with Crippen LogP contribution in [0, 0.1) is 0 Å². The molecule has 0 saturated heterocycles. The van der Waals surface area contributed by atoms with E-state index < -0.39 is 0 Å². The zero-order valence-corrected chi connectivity index (χ0v) is 10.8. The standard InChI is InChI=1S/C11H15Cl2N3/c1-2-3-6-16(8-4-5-8)9-7-10(12)14-15-11(9)13/h7-8H,2-6H2,1H3. The second kappa shape index (κ2) is 5.19. The van der Waals surface area contributed by atoms with Crippen LogP contribution >= 0.6 is 23.2 Å². The third-order valence-corrected chi connectivity index (χ3v) is 3.20. The predicted octanol–water partition coefficient (Wildman–Crippen LogP) is 3.55. The van der Waals surface area contributed by atoms with Crippen molar-refractivity contribution in [1.29, 1.82) is 0 Å². The van der Waals surface area contributed by atoms with Gasteiger partial charge in [-0.1, -0.05) is 36.5 Å². The Hall–Kier alpha value is -0.540. The molecule has 5 heteroatoms. The first-order valence-corrected chi connectivity index (χ1v) is 6.43. The molecule has 0 atom stereocenters. The summed E-state index contributed by atoms with van der Waals surface area (Å²) in [6.45, 7) is 3.20. The zero-order chi connectivity index (χ0) is 11.5. The molecule has 0 N–H and O–H groups in total. The smallest absolute Gasteiger partial charge is 0.175 e. The molecule has 1 heterocycles. The Morgan fingerprint density at radius 2 is 2.12 bits per heavy atom. The van der Waals surface area contributed by atoms with Gasteiger partial charge in [-0.3, -0.25) is 0 Å². The number of hydrogen-bond donors (Lipinski definition) is 0. The lowest BCUT2D eigenvalue weighted by molar-refractivity contribution is 0.710. The molecule has 3 nitrogen and oxygen atoms in total. The van der Waals surface area contributed by atoms with Crippen LogP contribution in [-0.2, 0) is 0 Å². The van der Waals surface area contributed by atoms with Crippen molar-refractivity contribution in [2.75, 3.05) is 11.4 Å². The molecule has 0 unspecified atom stereocenters. The average molecular weight is 260 g/mol. The summed E-state index contributed by atoms with van der Waals surface area (Å²) in [5.74, 6) is 0. The van der Waals surface area contributed by atoms with E-state index in [-0.39, 0.29) is 0 Å². The Morgan fingerprint density at radius 1 is 1.38 bits per heavy atom. The third kappa shape index (κ3) is 2.77. The van der Waals surface area contributed by atoms with E-state index in [0.29, 0.717) is 16.3 Å². The minimum Gasteiger partial charge on any atom is -0.366 e. The largest absolute Gasteiger partial charge is 0.366 e. The summed E-state index contributed by atoms with van der Waals surface area (Å²) >= 11 is 11.9. The fourth-order valence-corrected chi connectivity index (χ4v) is 2.10. The van der Waals surface area contributed by atoms with E-state index in [2.05, 4.69) is 22.0 Å². The summed E-state index contributed by atoms with van der Waals surface area (Å²) in [4.78, 5) is 2.31. The van der Waals surface area contributed by atoms with E-state index in [1.807, 2.05) is 6.07 Å². The van der Waals surface area contributed by atoms with Gasteiger partial charge in [-0.25, -0.2) is 0 Å². The van der Waals surface area contributed by atoms with E-state index >= 15 is 0 Å². The highest BCUT2D eigenvalue weighted by Gasteiger charge is 2.30. The van der Waals surface area contributed by atoms with Gasteiger partial charge in [0.05, 0.1) is 5.69 Å². The first-order valence-electron chi connectivity index (χ1n) is 5.67. The molecule has 1 aliphatic rings. The highest BCUT2D eigenvalue weighted by Crippen LogP contribution is 2.35. The molecule has 1 aromatic rings. The molecule has 1 saturated carbocycles. The lowest BCUT2D eigenvalue weighted by Gasteiger charge is -2.24. The highest BCUT2D eigenvalue weighted by atomic mass is 35.5. The second-order valence-corrected chi connectivity index (χ2v) is 4.87. The van der Waals surface area contributed by atoms with Crippen LogP contribution in [0.4, 0.5) is 5.69 Å². The molecule has 0 spiro atoms. The van der Waals surface area contributed by atoms with Crippen molar-refractivity contribution >= 4 is 28.9 Å². The molecule has 1 aliphatic carbocycles. The molecule has 1 aromatic heterocycles. The molecule has 88 valence electrons. The van der Waals surface area contributed by atoms with Gasteiger partial charge in [-0.2, -0.15) is 0 Å². The number of rotatable bonds is 5. The van der Waals surface area contributed by atoms with E-state index in [1.54, 1.807) is 0 Å². The monoisotopic (exact) mass is 259 g/mol. The topological polar surface area (TPSA) is 29.0 Å². The van der Waals surface area contributed by atoms with Crippen LogP contribution in [0.5, 0.6) is 0 Å². The Bertz CT molecular complexity index is 366. The van der Waals surface area contributed by atoms with Crippen LogP contribution in [0.1, 0.15) is 32.6 Å². The highest BCUT2D eigenvalue weighted by molar-refractivity contribution is 6.33. The minimum absolute atomic E-state index is 0.404. The van der Waals surface area contributed by atoms with Gasteiger partial charge in [0.1, 0.15) is 0 Å². The van der Waals surface area contributed by atoms with Gasteiger partial charge < -0.3 is 4.90 Å². The average Bonchev–Trinajstić information content (AvgIpc) is 3.08. The number of hydrogen-bond acceptors (Lipinski definition) is 3. The van der Waals surface area contributed by atoms with Crippen molar-refractivity contribution in [3.05, 3.63) is 16.4 Å². The Labute approximate surface area is 106 Å². The molecular weight excluding hydrogens is 245 g/mol. The summed E-state index contributed by atoms with van der Waals surface area (Å²) in [6.07, 6.45) is 4.81. The van der Waals surface area contributed by atoms with Crippen LogP contribution in [0.3, 0.4) is 0 Å². The summed E-state index contributed by atoms with van der Waals surface area (Å²) in [6, 6.07) is 2.43. The molecule has 16 heavy (non-hydrogen) atoms. The zero-order valence-electron chi connectivity index (χ0n) is 9.29. The normalized spacial score (nSPS) is 15.2. The van der Waals surface area contributed by atoms with Crippen molar-refractivity contribution in [2.24, 2.45) is 0 Å². The summed E-state index contributed by atoms with van der Waals surface area (Å²) < 4.78 is 0. The third-order valence-electron chi connectivity index (χ3n) is 2.75. The summed E-state index contributed by atoms with van der Waals surface area (Å²) in [7, 11) is 0. The van der Waals surface area contributed by atoms with Crippen molar-refractivity contribution in [2.45, 2.75) is 38.6 Å². The Morgan fingerprint density at radius 3 is 2.75 bits per heavy atom. The first kappa shape index (κ1) is 11.9. The molecule has 1 fully saturated rings. The van der Waals surface area contributed by atoms with Crippen LogP contribution in [0.2, 0.25) is 10.3 Å². The maximum Gasteiger partial charge on any atom is 0.175 e. The van der Waals surface area contributed by atoms with E-state index in [1.165, 1.54) is 19.3 Å². The van der Waals surface area contributed by atoms with Crippen LogP contribution in [-0.4, -0.2) is 22.8 Å². The Balaban J connectivity index is 2.19. The molecule has 0 bridgehead atoms. The molecule has 0 aromatic carbocycles. The maximum atomic E-state index is 6.07. The molecule has 2 rings (SSSR count). The SMILES string of the molecule is CCCCN(c1cc(Cl)nnc1Cl)C1CC1. The molecule has 0 radical (unpaired) electrons. The van der Waals surface area contributed by atoms with Gasteiger partial charge in [0.15, 0.2) is 10.3 Å². The quantitative estimate of drug-likeness (QED) is 0.810. The molecular formula is C11H15Cl2N3. The van der Waals surface area contributed by atoms with Crippen LogP contribution < -0.4 is 4.90 Å². The number of aromatic nitrogens is 2. The number of unbranched alkanes of at least 4 members (excludes halogenated alkanes) is 1. The van der Waals surface area contributed by atoms with Crippen molar-refractivity contribution < 1.29 is 0 Å². The van der Waals surface area contributed by atoms with E-state index in [0.717, 1.165) is 18.7 Å². The fraction of sp³-hybridized carbons (Fsp3) is 0.636. The Kier molecular flexibility index (Phi) is 3.87. The first-order chi connectivity index (χ1) is 7.72. The van der Waals surface area contributed by atoms with Crippen LogP contribution in [0.15, 0.2) is 6.07 Å². The minimum atomic E-state index is 0.404. The predicted molar refractivity (Wildman–Crippen MR) is 67.3 cm³/mol. The fourth-order valence-electron chi connectivity index (χ4n) is 1.76. The second-order valence-electron chi connectivity index (χ2n) is 4.12.